The number of carbonyl (C=O) groups excluding carboxylic acids is 2. The van der Waals surface area contributed by atoms with E-state index in [1.807, 2.05) is 34.1 Å². The topological polar surface area (TPSA) is 115 Å². The maximum Gasteiger partial charge on any atom is 0.335 e. The summed E-state index contributed by atoms with van der Waals surface area (Å²) in [5.74, 6) is 0.515. The molecule has 2 aromatic rings. The highest BCUT2D eigenvalue weighted by molar-refractivity contribution is 5.88. The zero-order valence-corrected chi connectivity index (χ0v) is 32.1. The summed E-state index contributed by atoms with van der Waals surface area (Å²) in [6.07, 6.45) is 27.9. The lowest BCUT2D eigenvalue weighted by Crippen LogP contribution is -2.33. The highest BCUT2D eigenvalue weighted by atomic mass is 16.4. The number of likely N-dealkylation sites (tertiary alicyclic amines) is 2. The van der Waals surface area contributed by atoms with Crippen LogP contribution in [0.15, 0.2) is 96.1 Å². The van der Waals surface area contributed by atoms with Crippen LogP contribution in [-0.2, 0) is 22.4 Å². The van der Waals surface area contributed by atoms with E-state index in [2.05, 4.69) is 50.3 Å². The third-order valence-corrected chi connectivity index (χ3v) is 11.1. The molecule has 288 valence electrons. The molecule has 0 radical (unpaired) electrons. The van der Waals surface area contributed by atoms with Crippen molar-refractivity contribution >= 4 is 23.8 Å². The molecule has 2 heterocycles. The Bertz CT molecular complexity index is 1580. The summed E-state index contributed by atoms with van der Waals surface area (Å²) in [5.41, 5.74) is 5.51. The summed E-state index contributed by atoms with van der Waals surface area (Å²) in [6, 6.07) is 14.2. The first-order valence-corrected chi connectivity index (χ1v) is 20.0. The molecule has 2 atom stereocenters. The number of amides is 2. The molecule has 0 unspecified atom stereocenters. The van der Waals surface area contributed by atoms with E-state index < -0.39 is 11.9 Å². The normalized spacial score (nSPS) is 20.6. The molecule has 8 heteroatoms. The van der Waals surface area contributed by atoms with Gasteiger partial charge in [-0.3, -0.25) is 9.59 Å². The largest absolute Gasteiger partial charge is 0.478 e. The fourth-order valence-electron chi connectivity index (χ4n) is 7.16. The molecule has 4 aliphatic rings. The van der Waals surface area contributed by atoms with Crippen LogP contribution in [0, 0.1) is 11.8 Å². The van der Waals surface area contributed by atoms with Crippen molar-refractivity contribution in [3.63, 3.8) is 0 Å². The summed E-state index contributed by atoms with van der Waals surface area (Å²) in [6.45, 7) is 5.71. The number of nitrogens with zero attached hydrogens (tertiary/aromatic N) is 2. The number of benzene rings is 2. The number of hydrogen-bond acceptors (Lipinski definition) is 4. The van der Waals surface area contributed by atoms with Gasteiger partial charge in [0.25, 0.3) is 0 Å². The van der Waals surface area contributed by atoms with Crippen molar-refractivity contribution in [3.05, 3.63) is 118 Å². The van der Waals surface area contributed by atoms with Gasteiger partial charge in [0.2, 0.25) is 11.8 Å². The first-order chi connectivity index (χ1) is 26.0. The summed E-state index contributed by atoms with van der Waals surface area (Å²) in [4.78, 5) is 50.2. The van der Waals surface area contributed by atoms with E-state index in [0.717, 1.165) is 48.6 Å². The molecular formula is C46H58N2O6. The Hall–Kier alpha value is -4.72. The van der Waals surface area contributed by atoms with Gasteiger partial charge in [-0.1, -0.05) is 97.6 Å². The van der Waals surface area contributed by atoms with E-state index in [-0.39, 0.29) is 23.9 Å². The summed E-state index contributed by atoms with van der Waals surface area (Å²) in [5, 5.41) is 17.9. The van der Waals surface area contributed by atoms with Gasteiger partial charge in [0.15, 0.2) is 0 Å². The number of allylic oxidation sites excluding steroid dienone is 6. The number of hydrogen-bond donors (Lipinski definition) is 2. The van der Waals surface area contributed by atoms with E-state index in [1.54, 1.807) is 24.3 Å². The molecule has 4 fully saturated rings. The maximum absolute atomic E-state index is 12.2. The molecule has 2 aliphatic heterocycles. The van der Waals surface area contributed by atoms with Crippen LogP contribution in [0.2, 0.25) is 0 Å². The molecule has 2 N–H and O–H groups in total. The van der Waals surface area contributed by atoms with Gasteiger partial charge in [-0.25, -0.2) is 9.59 Å². The number of carboxylic acids is 2. The molecule has 54 heavy (non-hydrogen) atoms. The molecule has 2 saturated heterocycles. The SMILES string of the molecule is C/C(=C\C=C/[C@H]1CCC(=O)N1CCc1ccc(C(=O)O)cc1)CCC1CC1.C/C(=C\C=C\[C@H]1CCC(=O)N1CCc1ccc(C(=O)O)cc1)CCC1CC1. The zero-order chi connectivity index (χ0) is 38.5. The molecule has 8 nitrogen and oxygen atoms in total. The Morgan fingerprint density at radius 1 is 0.611 bits per heavy atom. The third kappa shape index (κ3) is 13.3. The molecule has 2 saturated carbocycles. The summed E-state index contributed by atoms with van der Waals surface area (Å²) >= 11 is 0. The lowest BCUT2D eigenvalue weighted by Gasteiger charge is -2.22. The van der Waals surface area contributed by atoms with E-state index >= 15 is 0 Å². The highest BCUT2D eigenvalue weighted by Crippen LogP contribution is 2.35. The Kier molecular flexibility index (Phi) is 15.1. The van der Waals surface area contributed by atoms with Crippen LogP contribution in [0.3, 0.4) is 0 Å². The van der Waals surface area contributed by atoms with Gasteiger partial charge in [0.05, 0.1) is 23.2 Å². The molecule has 0 aromatic heterocycles. The third-order valence-electron chi connectivity index (χ3n) is 11.1. The van der Waals surface area contributed by atoms with Crippen LogP contribution < -0.4 is 0 Å². The van der Waals surface area contributed by atoms with Crippen LogP contribution in [0.5, 0.6) is 0 Å². The molecule has 0 bridgehead atoms. The van der Waals surface area contributed by atoms with Gasteiger partial charge >= 0.3 is 11.9 Å². The maximum atomic E-state index is 12.2. The van der Waals surface area contributed by atoms with Crippen LogP contribution in [0.1, 0.15) is 123 Å². The van der Waals surface area contributed by atoms with Crippen LogP contribution in [0.4, 0.5) is 0 Å². The fraction of sp³-hybridized carbons (Fsp3) is 0.478. The van der Waals surface area contributed by atoms with Crippen molar-refractivity contribution in [1.82, 2.24) is 9.80 Å². The number of carbonyl (C=O) groups is 4. The second kappa shape index (κ2) is 20.1. The average Bonchev–Trinajstić information content (AvgIpc) is 4.10. The van der Waals surface area contributed by atoms with Crippen molar-refractivity contribution < 1.29 is 29.4 Å². The van der Waals surface area contributed by atoms with E-state index in [9.17, 15) is 19.2 Å². The van der Waals surface area contributed by atoms with Crippen molar-refractivity contribution in [2.24, 2.45) is 11.8 Å². The minimum Gasteiger partial charge on any atom is -0.478 e. The zero-order valence-electron chi connectivity index (χ0n) is 32.1. The predicted octanol–water partition coefficient (Wildman–Crippen LogP) is 9.22. The summed E-state index contributed by atoms with van der Waals surface area (Å²) in [7, 11) is 0. The van der Waals surface area contributed by atoms with Gasteiger partial charge in [-0.2, -0.15) is 0 Å². The van der Waals surface area contributed by atoms with E-state index in [4.69, 9.17) is 10.2 Å². The quantitative estimate of drug-likeness (QED) is 0.148. The highest BCUT2D eigenvalue weighted by Gasteiger charge is 2.29. The Morgan fingerprint density at radius 3 is 1.31 bits per heavy atom. The van der Waals surface area contributed by atoms with Crippen molar-refractivity contribution in [3.8, 4) is 0 Å². The first-order valence-electron chi connectivity index (χ1n) is 20.0. The second-order valence-corrected chi connectivity index (χ2v) is 15.7. The van der Waals surface area contributed by atoms with Gasteiger partial charge in [0, 0.05) is 25.9 Å². The summed E-state index contributed by atoms with van der Waals surface area (Å²) < 4.78 is 0. The number of carboxylic acid groups (broad SMARTS) is 2. The standard InChI is InChI=1S/2C23H29NO3/c2*1-17(5-6-18-7-8-18)3-2-4-21-13-14-22(25)24(21)16-15-19-9-11-20(12-10-19)23(26)27/h2*2-4,9-12,18,21H,5-8,13-16H2,1H3,(H,26,27)/b4-2+,17-3+;4-2-,17-3+/t2*21-/m00/s1. The van der Waals surface area contributed by atoms with Crippen molar-refractivity contribution in [1.29, 1.82) is 0 Å². The van der Waals surface area contributed by atoms with Crippen molar-refractivity contribution in [2.75, 3.05) is 13.1 Å². The van der Waals surface area contributed by atoms with Crippen LogP contribution in [0.25, 0.3) is 0 Å². The molecule has 6 rings (SSSR count). The molecule has 2 aliphatic carbocycles. The minimum atomic E-state index is -0.915. The molecule has 0 spiro atoms. The average molecular weight is 735 g/mol. The van der Waals surface area contributed by atoms with Gasteiger partial charge in [-0.05, 0) is 112 Å². The van der Waals surface area contributed by atoms with Crippen LogP contribution >= 0.6 is 0 Å². The van der Waals surface area contributed by atoms with E-state index in [1.165, 1.54) is 62.5 Å². The smallest absolute Gasteiger partial charge is 0.335 e. The molecule has 2 aromatic carbocycles. The minimum absolute atomic E-state index is 0.170. The fourth-order valence-corrected chi connectivity index (χ4v) is 7.16. The predicted molar refractivity (Wildman–Crippen MR) is 213 cm³/mol. The number of aromatic carboxylic acids is 2. The Labute approximate surface area is 321 Å². The lowest BCUT2D eigenvalue weighted by molar-refractivity contribution is -0.129. The Morgan fingerprint density at radius 2 is 0.981 bits per heavy atom. The van der Waals surface area contributed by atoms with Gasteiger partial charge in [-0.15, -0.1) is 0 Å². The van der Waals surface area contributed by atoms with Crippen LogP contribution in [-0.4, -0.2) is 68.9 Å². The van der Waals surface area contributed by atoms with Gasteiger partial charge < -0.3 is 20.0 Å². The first kappa shape index (κ1) is 40.5. The van der Waals surface area contributed by atoms with Gasteiger partial charge in [0.1, 0.15) is 0 Å². The molecule has 2 amide bonds. The van der Waals surface area contributed by atoms with E-state index in [0.29, 0.717) is 37.1 Å². The lowest BCUT2D eigenvalue weighted by atomic mass is 10.1. The monoisotopic (exact) mass is 734 g/mol. The Balaban J connectivity index is 0.000000208. The second-order valence-electron chi connectivity index (χ2n) is 15.7. The van der Waals surface area contributed by atoms with Crippen molar-refractivity contribution in [2.45, 2.75) is 116 Å². The number of rotatable bonds is 18. The molecular weight excluding hydrogens is 677 g/mol.